The lowest BCUT2D eigenvalue weighted by molar-refractivity contribution is -0.142. The molecular weight excluding hydrogens is 791 g/mol. The van der Waals surface area contributed by atoms with Crippen molar-refractivity contribution in [3.63, 3.8) is 0 Å². The molecule has 3 aromatic heterocycles. The number of hydrogen-bond donors (Lipinski definition) is 3. The number of H-pyrrole nitrogens is 1. The normalized spacial score (nSPS) is 16.7. The SMILES string of the molecule is CC1=C2c3c(C(F)(F)F)nn(CC(=O)N[C@@H](Cc4cc(F)cc(F)c4)c4nc(C#CC(C)(C)S(C)(=O)=O)ccc4-c4ccc(Cl)c5c(N)n[nH]c45)c3C(F)(F)[C@H]12. The van der Waals surface area contributed by atoms with Gasteiger partial charge in [-0.25, -0.2) is 22.2 Å². The molecule has 2 atom stereocenters. The fraction of sp³-hybridized carbons (Fsp3) is 0.297. The molecule has 0 saturated heterocycles. The molecule has 5 aromatic rings. The van der Waals surface area contributed by atoms with Crippen LogP contribution in [-0.4, -0.2) is 50.3 Å². The molecule has 10 nitrogen and oxygen atoms in total. The van der Waals surface area contributed by atoms with Crippen LogP contribution in [0.25, 0.3) is 27.6 Å². The predicted octanol–water partition coefficient (Wildman–Crippen LogP) is 7.14. The second-order valence-electron chi connectivity index (χ2n) is 14.1. The molecule has 4 N–H and O–H groups in total. The van der Waals surface area contributed by atoms with Crippen molar-refractivity contribution in [3.8, 4) is 23.0 Å². The van der Waals surface area contributed by atoms with Crippen molar-refractivity contribution >= 4 is 49.6 Å². The van der Waals surface area contributed by atoms with E-state index >= 15 is 8.78 Å². The molecule has 2 aromatic carbocycles. The van der Waals surface area contributed by atoms with E-state index in [2.05, 4.69) is 37.4 Å². The highest BCUT2D eigenvalue weighted by atomic mass is 35.5. The van der Waals surface area contributed by atoms with E-state index in [0.717, 1.165) is 18.4 Å². The number of benzene rings is 2. The van der Waals surface area contributed by atoms with Gasteiger partial charge in [0.1, 0.15) is 34.3 Å². The van der Waals surface area contributed by atoms with Crippen LogP contribution in [0.2, 0.25) is 5.02 Å². The number of rotatable bonds is 8. The number of fused-ring (bicyclic) bond motifs is 4. The van der Waals surface area contributed by atoms with Crippen molar-refractivity contribution in [1.82, 2.24) is 30.3 Å². The van der Waals surface area contributed by atoms with Gasteiger partial charge >= 0.3 is 6.18 Å². The van der Waals surface area contributed by atoms with E-state index in [-0.39, 0.29) is 44.5 Å². The molecule has 0 spiro atoms. The third-order valence-electron chi connectivity index (χ3n) is 9.88. The van der Waals surface area contributed by atoms with E-state index in [1.165, 1.54) is 39.0 Å². The van der Waals surface area contributed by atoms with Gasteiger partial charge in [-0.2, -0.15) is 32.1 Å². The Balaban J connectivity index is 1.38. The van der Waals surface area contributed by atoms with E-state index in [1.807, 2.05) is 0 Å². The van der Waals surface area contributed by atoms with E-state index in [4.69, 9.17) is 17.3 Å². The van der Waals surface area contributed by atoms with Crippen molar-refractivity contribution in [2.75, 3.05) is 12.0 Å². The molecule has 0 bridgehead atoms. The number of aromatic nitrogens is 5. The third kappa shape index (κ3) is 6.66. The average Bonchev–Trinajstić information content (AvgIpc) is 3.31. The number of nitrogens with zero attached hydrogens (tertiary/aromatic N) is 4. The zero-order valence-corrected chi connectivity index (χ0v) is 31.2. The van der Waals surface area contributed by atoms with Crippen molar-refractivity contribution < 1.29 is 43.9 Å². The largest absolute Gasteiger partial charge is 0.435 e. The number of carbonyl (C=O) groups excluding carboxylic acids is 1. The highest BCUT2D eigenvalue weighted by Crippen LogP contribution is 2.67. The summed E-state index contributed by atoms with van der Waals surface area (Å²) in [7, 11) is -3.69. The minimum atomic E-state index is -5.12. The number of alkyl halides is 5. The Kier molecular flexibility index (Phi) is 9.08. The smallest absolute Gasteiger partial charge is 0.382 e. The van der Waals surface area contributed by atoms with Gasteiger partial charge in [-0.15, -0.1) is 0 Å². The maximum atomic E-state index is 15.5. The van der Waals surface area contributed by atoms with Crippen molar-refractivity contribution in [2.24, 2.45) is 5.92 Å². The van der Waals surface area contributed by atoms with E-state index in [1.54, 1.807) is 6.07 Å². The molecule has 2 aliphatic rings. The van der Waals surface area contributed by atoms with Gasteiger partial charge in [0.05, 0.1) is 33.6 Å². The fourth-order valence-corrected chi connectivity index (χ4v) is 7.36. The van der Waals surface area contributed by atoms with Crippen LogP contribution in [0.15, 0.2) is 48.0 Å². The lowest BCUT2D eigenvalue weighted by Crippen LogP contribution is -2.35. The first-order valence-corrected chi connectivity index (χ1v) is 18.9. The zero-order valence-electron chi connectivity index (χ0n) is 29.6. The maximum Gasteiger partial charge on any atom is 0.435 e. The van der Waals surface area contributed by atoms with Crippen LogP contribution in [0.4, 0.5) is 36.6 Å². The Morgan fingerprint density at radius 2 is 1.77 bits per heavy atom. The second kappa shape index (κ2) is 13.1. The Morgan fingerprint density at radius 1 is 1.11 bits per heavy atom. The summed E-state index contributed by atoms with van der Waals surface area (Å²) in [5.74, 6) is -2.95. The molecule has 7 rings (SSSR count). The summed E-state index contributed by atoms with van der Waals surface area (Å²) in [6.07, 6.45) is -4.52. The topological polar surface area (TPSA) is 149 Å². The summed E-state index contributed by atoms with van der Waals surface area (Å²) in [5, 5.41) is 13.4. The number of hydrogen-bond acceptors (Lipinski definition) is 7. The van der Waals surface area contributed by atoms with Crippen LogP contribution in [0, 0.1) is 29.4 Å². The summed E-state index contributed by atoms with van der Waals surface area (Å²) >= 11 is 6.42. The van der Waals surface area contributed by atoms with Gasteiger partial charge in [0.2, 0.25) is 5.91 Å². The van der Waals surface area contributed by atoms with Crippen LogP contribution in [0.1, 0.15) is 60.7 Å². The Bertz CT molecular complexity index is 2690. The molecule has 56 heavy (non-hydrogen) atoms. The van der Waals surface area contributed by atoms with Gasteiger partial charge in [0.25, 0.3) is 5.92 Å². The summed E-state index contributed by atoms with van der Waals surface area (Å²) < 4.78 is 126. The number of nitrogens with two attached hydrogens (primary N) is 1. The predicted molar refractivity (Wildman–Crippen MR) is 193 cm³/mol. The first-order chi connectivity index (χ1) is 26.0. The number of pyridine rings is 1. The van der Waals surface area contributed by atoms with Crippen LogP contribution < -0.4 is 11.1 Å². The lowest BCUT2D eigenvalue weighted by atomic mass is 9.93. The molecule has 1 amide bonds. The van der Waals surface area contributed by atoms with E-state index in [9.17, 15) is 35.2 Å². The molecule has 292 valence electrons. The summed E-state index contributed by atoms with van der Waals surface area (Å²) in [5.41, 5.74) is 3.49. The number of nitrogen functional groups attached to an aromatic ring is 1. The highest BCUT2D eigenvalue weighted by molar-refractivity contribution is 7.92. The summed E-state index contributed by atoms with van der Waals surface area (Å²) in [4.78, 5) is 18.5. The lowest BCUT2D eigenvalue weighted by Gasteiger charge is -2.23. The van der Waals surface area contributed by atoms with Gasteiger partial charge in [0, 0.05) is 29.0 Å². The number of sulfone groups is 1. The average molecular weight is 820 g/mol. The van der Waals surface area contributed by atoms with Gasteiger partial charge < -0.3 is 11.1 Å². The fourth-order valence-electron chi connectivity index (χ4n) is 6.87. The monoisotopic (exact) mass is 819 g/mol. The van der Waals surface area contributed by atoms with Gasteiger partial charge in [-0.05, 0) is 74.6 Å². The molecule has 0 unspecified atom stereocenters. The molecular formula is C37H29ClF7N7O3S. The number of carbonyl (C=O) groups is 1. The number of nitrogens with one attached hydrogen (secondary N) is 2. The second-order valence-corrected chi connectivity index (χ2v) is 17.1. The molecule has 3 heterocycles. The van der Waals surface area contributed by atoms with Gasteiger partial charge in [-0.1, -0.05) is 29.2 Å². The van der Waals surface area contributed by atoms with Crippen molar-refractivity contribution in [1.29, 1.82) is 0 Å². The minimum Gasteiger partial charge on any atom is -0.382 e. The Labute approximate surface area is 319 Å². The van der Waals surface area contributed by atoms with Crippen LogP contribution in [0.5, 0.6) is 0 Å². The van der Waals surface area contributed by atoms with Crippen LogP contribution in [-0.2, 0) is 39.7 Å². The number of allylic oxidation sites excluding steroid dienone is 2. The number of aromatic amines is 1. The minimum absolute atomic E-state index is 0.00402. The summed E-state index contributed by atoms with van der Waals surface area (Å²) in [6.45, 7) is 2.94. The van der Waals surface area contributed by atoms with E-state index in [0.29, 0.717) is 27.2 Å². The Hall–Kier alpha value is -5.41. The first-order valence-electron chi connectivity index (χ1n) is 16.7. The maximum absolute atomic E-state index is 15.5. The van der Waals surface area contributed by atoms with Crippen molar-refractivity contribution in [3.05, 3.63) is 98.6 Å². The van der Waals surface area contributed by atoms with Gasteiger partial charge in [0.15, 0.2) is 21.3 Å². The third-order valence-corrected chi connectivity index (χ3v) is 12.2. The highest BCUT2D eigenvalue weighted by Gasteiger charge is 2.66. The van der Waals surface area contributed by atoms with Gasteiger partial charge in [-0.3, -0.25) is 14.6 Å². The number of halogens is 8. The number of anilines is 1. The standard InChI is InChI=1S/C37H29ClF7N7O3S/c1-16-26-28-32(37(43,44)45)51-52(33(28)36(41,42)29(16)26)15-25(53)48-24(13-17-11-18(39)14-19(40)12-17)30-21(22-7-8-23(38)27-31(22)49-50-34(27)46)6-5-20(47-30)9-10-35(2,3)56(4,54)55/h5-8,11-12,14,24,29H,13,15H2,1-4H3,(H,48,53)(H3,46,49,50)/t24-,29+/m0/s1. The summed E-state index contributed by atoms with van der Waals surface area (Å²) in [6, 6.07) is 7.22. The van der Waals surface area contributed by atoms with Crippen molar-refractivity contribution in [2.45, 2.75) is 56.6 Å². The molecule has 0 radical (unpaired) electrons. The number of amides is 1. The van der Waals surface area contributed by atoms with Crippen LogP contribution in [0.3, 0.4) is 0 Å². The zero-order chi connectivity index (χ0) is 40.9. The Morgan fingerprint density at radius 3 is 2.41 bits per heavy atom. The first kappa shape index (κ1) is 38.8. The molecule has 0 saturated carbocycles. The van der Waals surface area contributed by atoms with Crippen LogP contribution >= 0.6 is 11.6 Å². The molecule has 0 aliphatic heterocycles. The molecule has 19 heteroatoms. The molecule has 0 fully saturated rings. The van der Waals surface area contributed by atoms with E-state index < -0.39 is 86.1 Å². The molecule has 2 aliphatic carbocycles. The quantitative estimate of drug-likeness (QED) is 0.111.